The number of carbonyl (C=O) groups is 2. The largest absolute Gasteiger partial charge is 0.369 e. The van der Waals surface area contributed by atoms with Gasteiger partial charge in [-0.2, -0.15) is 0 Å². The van der Waals surface area contributed by atoms with Gasteiger partial charge in [-0.05, 0) is 43.4 Å². The average Bonchev–Trinajstić information content (AvgIpc) is 2.89. The fraction of sp³-hybridized carbons (Fsp3) is 0.412. The van der Waals surface area contributed by atoms with Gasteiger partial charge in [0.15, 0.2) is 0 Å². The molecular formula is C17H20ClN3O2. The quantitative estimate of drug-likeness (QED) is 0.937. The number of aromatic nitrogens is 1. The van der Waals surface area contributed by atoms with Gasteiger partial charge in [0.1, 0.15) is 6.54 Å². The molecule has 3 rings (SSSR count). The number of carbonyl (C=O) groups excluding carboxylic acids is 2. The van der Waals surface area contributed by atoms with Crippen LogP contribution < -0.4 is 5.73 Å². The van der Waals surface area contributed by atoms with Gasteiger partial charge in [-0.3, -0.25) is 9.59 Å². The maximum absolute atomic E-state index is 12.7. The van der Waals surface area contributed by atoms with Crippen molar-refractivity contribution in [2.24, 2.45) is 11.7 Å². The van der Waals surface area contributed by atoms with Crippen molar-refractivity contribution in [2.75, 3.05) is 6.54 Å². The third-order valence-corrected chi connectivity index (χ3v) is 4.88. The Bertz CT molecular complexity index is 755. The van der Waals surface area contributed by atoms with E-state index in [1.165, 1.54) is 0 Å². The molecule has 1 aromatic heterocycles. The van der Waals surface area contributed by atoms with Gasteiger partial charge < -0.3 is 15.2 Å². The number of rotatable bonds is 3. The summed E-state index contributed by atoms with van der Waals surface area (Å²) in [7, 11) is 0. The molecule has 0 saturated carbocycles. The SMILES string of the molecule is C[C@@H]1CC[C@H](C(N)=O)CN1C(=O)Cn1ccc2ccc(Cl)cc21. The Balaban J connectivity index is 1.79. The second kappa shape index (κ2) is 6.24. The number of nitrogens with zero attached hydrogens (tertiary/aromatic N) is 2. The first-order chi connectivity index (χ1) is 11.0. The third-order valence-electron chi connectivity index (χ3n) is 4.65. The molecule has 6 heteroatoms. The van der Waals surface area contributed by atoms with Gasteiger partial charge in [0.2, 0.25) is 11.8 Å². The number of likely N-dealkylation sites (tertiary alicyclic amines) is 1. The van der Waals surface area contributed by atoms with Crippen LogP contribution in [0.3, 0.4) is 0 Å². The molecule has 1 aliphatic rings. The predicted molar refractivity (Wildman–Crippen MR) is 90.0 cm³/mol. The lowest BCUT2D eigenvalue weighted by molar-refractivity contribution is -0.138. The zero-order valence-electron chi connectivity index (χ0n) is 13.0. The molecule has 0 radical (unpaired) electrons. The molecule has 2 heterocycles. The van der Waals surface area contributed by atoms with Crippen LogP contribution in [0.5, 0.6) is 0 Å². The summed E-state index contributed by atoms with van der Waals surface area (Å²) in [6.45, 7) is 2.66. The molecule has 2 atom stereocenters. The summed E-state index contributed by atoms with van der Waals surface area (Å²) >= 11 is 6.05. The summed E-state index contributed by atoms with van der Waals surface area (Å²) < 4.78 is 1.89. The first kappa shape index (κ1) is 15.9. The first-order valence-corrected chi connectivity index (χ1v) is 8.16. The van der Waals surface area contributed by atoms with E-state index in [-0.39, 0.29) is 30.3 Å². The van der Waals surface area contributed by atoms with Crippen LogP contribution in [0.4, 0.5) is 0 Å². The fourth-order valence-electron chi connectivity index (χ4n) is 3.22. The van der Waals surface area contributed by atoms with Gasteiger partial charge in [-0.1, -0.05) is 17.7 Å². The van der Waals surface area contributed by atoms with Crippen LogP contribution >= 0.6 is 11.6 Å². The van der Waals surface area contributed by atoms with E-state index in [4.69, 9.17) is 17.3 Å². The smallest absolute Gasteiger partial charge is 0.242 e. The standard InChI is InChI=1S/C17H20ClN3O2/c1-11-2-3-13(17(19)23)9-21(11)16(22)10-20-7-6-12-4-5-14(18)8-15(12)20/h4-8,11,13H,2-3,9-10H2,1H3,(H2,19,23)/t11-,13+/m1/s1. The Morgan fingerprint density at radius 2 is 2.09 bits per heavy atom. The second-order valence-corrected chi connectivity index (χ2v) is 6.65. The minimum atomic E-state index is -0.326. The van der Waals surface area contributed by atoms with Crippen molar-refractivity contribution in [3.8, 4) is 0 Å². The molecule has 1 aromatic carbocycles. The van der Waals surface area contributed by atoms with Crippen molar-refractivity contribution in [2.45, 2.75) is 32.4 Å². The number of primary amides is 1. The third kappa shape index (κ3) is 3.20. The number of hydrogen-bond acceptors (Lipinski definition) is 2. The van der Waals surface area contributed by atoms with E-state index in [2.05, 4.69) is 0 Å². The number of piperidine rings is 1. The number of nitrogens with two attached hydrogens (primary N) is 1. The second-order valence-electron chi connectivity index (χ2n) is 6.22. The maximum Gasteiger partial charge on any atom is 0.242 e. The van der Waals surface area contributed by atoms with Crippen LogP contribution in [0.2, 0.25) is 5.02 Å². The van der Waals surface area contributed by atoms with Crippen molar-refractivity contribution < 1.29 is 9.59 Å². The minimum Gasteiger partial charge on any atom is -0.369 e. The summed E-state index contributed by atoms with van der Waals surface area (Å²) in [5.74, 6) is -0.570. The van der Waals surface area contributed by atoms with Crippen molar-refractivity contribution in [1.29, 1.82) is 0 Å². The Labute approximate surface area is 140 Å². The number of hydrogen-bond donors (Lipinski definition) is 1. The Morgan fingerprint density at radius 3 is 2.83 bits per heavy atom. The summed E-state index contributed by atoms with van der Waals surface area (Å²) in [5.41, 5.74) is 6.34. The molecule has 2 N–H and O–H groups in total. The van der Waals surface area contributed by atoms with E-state index in [0.29, 0.717) is 11.6 Å². The zero-order chi connectivity index (χ0) is 16.6. The van der Waals surface area contributed by atoms with Gasteiger partial charge in [0.05, 0.1) is 5.92 Å². The first-order valence-electron chi connectivity index (χ1n) is 7.79. The summed E-state index contributed by atoms with van der Waals surface area (Å²) in [6, 6.07) is 7.72. The van der Waals surface area contributed by atoms with Gasteiger partial charge >= 0.3 is 0 Å². The van der Waals surface area contributed by atoms with Crippen LogP contribution in [0.1, 0.15) is 19.8 Å². The lowest BCUT2D eigenvalue weighted by atomic mass is 9.93. The molecular weight excluding hydrogens is 314 g/mol. The molecule has 23 heavy (non-hydrogen) atoms. The summed E-state index contributed by atoms with van der Waals surface area (Å²) in [6.07, 6.45) is 3.44. The van der Waals surface area contributed by atoms with Crippen LogP contribution in [0.25, 0.3) is 10.9 Å². The highest BCUT2D eigenvalue weighted by Crippen LogP contribution is 2.24. The maximum atomic E-state index is 12.7. The van der Waals surface area contributed by atoms with Crippen molar-refractivity contribution >= 4 is 34.3 Å². The van der Waals surface area contributed by atoms with Crippen molar-refractivity contribution in [1.82, 2.24) is 9.47 Å². The number of fused-ring (bicyclic) bond motifs is 1. The van der Waals surface area contributed by atoms with E-state index < -0.39 is 0 Å². The van der Waals surface area contributed by atoms with Gasteiger partial charge in [-0.15, -0.1) is 0 Å². The topological polar surface area (TPSA) is 68.3 Å². The van der Waals surface area contributed by atoms with Gasteiger partial charge in [-0.25, -0.2) is 0 Å². The van der Waals surface area contributed by atoms with Crippen molar-refractivity contribution in [3.05, 3.63) is 35.5 Å². The molecule has 1 aliphatic heterocycles. The lowest BCUT2D eigenvalue weighted by Gasteiger charge is -2.37. The molecule has 0 bridgehead atoms. The summed E-state index contributed by atoms with van der Waals surface area (Å²) in [4.78, 5) is 25.9. The molecule has 1 fully saturated rings. The molecule has 1 saturated heterocycles. The Hall–Kier alpha value is -2.01. The van der Waals surface area contributed by atoms with Crippen LogP contribution in [0.15, 0.2) is 30.5 Å². The highest BCUT2D eigenvalue weighted by atomic mass is 35.5. The normalized spacial score (nSPS) is 21.6. The Morgan fingerprint density at radius 1 is 1.30 bits per heavy atom. The molecule has 5 nitrogen and oxygen atoms in total. The lowest BCUT2D eigenvalue weighted by Crippen LogP contribution is -2.49. The average molecular weight is 334 g/mol. The minimum absolute atomic E-state index is 0.000857. The Kier molecular flexibility index (Phi) is 4.31. The highest BCUT2D eigenvalue weighted by molar-refractivity contribution is 6.31. The van der Waals surface area contributed by atoms with E-state index >= 15 is 0 Å². The molecule has 0 unspecified atom stereocenters. The highest BCUT2D eigenvalue weighted by Gasteiger charge is 2.31. The molecule has 2 amide bonds. The monoisotopic (exact) mass is 333 g/mol. The van der Waals surface area contributed by atoms with Gasteiger partial charge in [0, 0.05) is 29.3 Å². The number of benzene rings is 1. The number of halogens is 1. The van der Waals surface area contributed by atoms with E-state index in [1.54, 1.807) is 4.90 Å². The molecule has 0 aliphatic carbocycles. The molecule has 2 aromatic rings. The zero-order valence-corrected chi connectivity index (χ0v) is 13.8. The number of amides is 2. The van der Waals surface area contributed by atoms with Crippen molar-refractivity contribution in [3.63, 3.8) is 0 Å². The van der Waals surface area contributed by atoms with E-state index in [9.17, 15) is 9.59 Å². The summed E-state index contributed by atoms with van der Waals surface area (Å²) in [5, 5.41) is 1.69. The predicted octanol–water partition coefficient (Wildman–Crippen LogP) is 2.41. The van der Waals surface area contributed by atoms with Gasteiger partial charge in [0.25, 0.3) is 0 Å². The van der Waals surface area contributed by atoms with Crippen LogP contribution in [0, 0.1) is 5.92 Å². The van der Waals surface area contributed by atoms with Crippen LogP contribution in [-0.4, -0.2) is 33.9 Å². The van der Waals surface area contributed by atoms with E-state index in [1.807, 2.05) is 42.0 Å². The molecule has 0 spiro atoms. The fourth-order valence-corrected chi connectivity index (χ4v) is 3.38. The van der Waals surface area contributed by atoms with E-state index in [0.717, 1.165) is 23.7 Å². The molecule has 122 valence electrons. The van der Waals surface area contributed by atoms with Crippen LogP contribution in [-0.2, 0) is 16.1 Å².